The summed E-state index contributed by atoms with van der Waals surface area (Å²) in [7, 11) is 1.28. The van der Waals surface area contributed by atoms with Gasteiger partial charge in [-0.1, -0.05) is 6.92 Å². The first-order valence-corrected chi connectivity index (χ1v) is 5.65. The molecule has 0 aliphatic heterocycles. The van der Waals surface area contributed by atoms with Gasteiger partial charge in [0, 0.05) is 5.56 Å². The summed E-state index contributed by atoms with van der Waals surface area (Å²) in [6.07, 6.45) is 2.27. The summed E-state index contributed by atoms with van der Waals surface area (Å²) < 4.78 is 9.98. The van der Waals surface area contributed by atoms with Crippen LogP contribution in [0.25, 0.3) is 11.3 Å². The number of phenolic OH excluding ortho intramolecular Hbond substituents is 1. The van der Waals surface area contributed by atoms with Gasteiger partial charge in [-0.15, -0.1) is 0 Å². The Labute approximate surface area is 105 Å². The molecular formula is C14H14O4. The van der Waals surface area contributed by atoms with Crippen LogP contribution in [0.4, 0.5) is 0 Å². The molecular weight excluding hydrogens is 232 g/mol. The van der Waals surface area contributed by atoms with Crippen LogP contribution in [0.15, 0.2) is 34.9 Å². The topological polar surface area (TPSA) is 59.7 Å². The van der Waals surface area contributed by atoms with E-state index in [-0.39, 0.29) is 11.3 Å². The van der Waals surface area contributed by atoms with Gasteiger partial charge in [0.15, 0.2) is 0 Å². The van der Waals surface area contributed by atoms with Crippen molar-refractivity contribution in [3.63, 3.8) is 0 Å². The van der Waals surface area contributed by atoms with E-state index >= 15 is 0 Å². The van der Waals surface area contributed by atoms with E-state index in [9.17, 15) is 9.90 Å². The van der Waals surface area contributed by atoms with Crippen LogP contribution in [0.5, 0.6) is 5.75 Å². The van der Waals surface area contributed by atoms with Crippen LogP contribution in [0.2, 0.25) is 0 Å². The maximum atomic E-state index is 11.7. The lowest BCUT2D eigenvalue weighted by Gasteiger charge is -2.10. The molecule has 18 heavy (non-hydrogen) atoms. The number of ether oxygens (including phenoxy) is 1. The zero-order chi connectivity index (χ0) is 13.1. The molecule has 1 N–H and O–H groups in total. The maximum Gasteiger partial charge on any atom is 0.342 e. The predicted octanol–water partition coefficient (Wildman–Crippen LogP) is 3.00. The van der Waals surface area contributed by atoms with Crippen molar-refractivity contribution in [1.29, 1.82) is 0 Å². The van der Waals surface area contributed by atoms with E-state index in [1.165, 1.54) is 13.4 Å². The van der Waals surface area contributed by atoms with Gasteiger partial charge in [0.25, 0.3) is 0 Å². The van der Waals surface area contributed by atoms with Gasteiger partial charge >= 0.3 is 5.97 Å². The Kier molecular flexibility index (Phi) is 3.37. The van der Waals surface area contributed by atoms with Gasteiger partial charge in [0.05, 0.1) is 13.4 Å². The fourth-order valence-corrected chi connectivity index (χ4v) is 1.83. The van der Waals surface area contributed by atoms with Gasteiger partial charge < -0.3 is 14.3 Å². The molecule has 0 atom stereocenters. The van der Waals surface area contributed by atoms with Crippen molar-refractivity contribution >= 4 is 5.97 Å². The number of aromatic hydroxyl groups is 1. The molecule has 4 heteroatoms. The lowest BCUT2D eigenvalue weighted by atomic mass is 9.99. The minimum atomic E-state index is -0.582. The van der Waals surface area contributed by atoms with Gasteiger partial charge in [-0.3, -0.25) is 0 Å². The van der Waals surface area contributed by atoms with E-state index in [4.69, 9.17) is 4.42 Å². The summed E-state index contributed by atoms with van der Waals surface area (Å²) in [5.74, 6) is -0.143. The first kappa shape index (κ1) is 12.2. The second-order valence-electron chi connectivity index (χ2n) is 3.86. The van der Waals surface area contributed by atoms with Crippen molar-refractivity contribution in [2.75, 3.05) is 7.11 Å². The highest BCUT2D eigenvalue weighted by atomic mass is 16.5. The van der Waals surface area contributed by atoms with E-state index in [0.717, 1.165) is 12.0 Å². The molecule has 0 aliphatic carbocycles. The van der Waals surface area contributed by atoms with E-state index < -0.39 is 5.97 Å². The number of benzene rings is 1. The number of furan rings is 1. The van der Waals surface area contributed by atoms with Crippen LogP contribution in [0, 0.1) is 0 Å². The highest BCUT2D eigenvalue weighted by Gasteiger charge is 2.20. The summed E-state index contributed by atoms with van der Waals surface area (Å²) in [6, 6.07) is 6.86. The van der Waals surface area contributed by atoms with E-state index in [1.807, 2.05) is 13.0 Å². The summed E-state index contributed by atoms with van der Waals surface area (Å²) >= 11 is 0. The second kappa shape index (κ2) is 4.96. The van der Waals surface area contributed by atoms with Crippen LogP contribution < -0.4 is 0 Å². The number of phenols is 1. The summed E-state index contributed by atoms with van der Waals surface area (Å²) in [5.41, 5.74) is 1.60. The number of hydrogen-bond acceptors (Lipinski definition) is 4. The highest BCUT2D eigenvalue weighted by Crippen LogP contribution is 2.32. The molecule has 2 rings (SSSR count). The molecule has 1 aromatic heterocycles. The quantitative estimate of drug-likeness (QED) is 0.846. The van der Waals surface area contributed by atoms with Crippen molar-refractivity contribution in [2.24, 2.45) is 0 Å². The maximum absolute atomic E-state index is 11.7. The number of esters is 1. The zero-order valence-electron chi connectivity index (χ0n) is 10.3. The molecule has 94 valence electrons. The van der Waals surface area contributed by atoms with Crippen LogP contribution in [-0.4, -0.2) is 18.2 Å². The Bertz CT molecular complexity index is 555. The van der Waals surface area contributed by atoms with Crippen LogP contribution >= 0.6 is 0 Å². The molecule has 1 heterocycles. The molecule has 0 radical (unpaired) electrons. The Balaban J connectivity index is 2.67. The molecule has 0 bridgehead atoms. The van der Waals surface area contributed by atoms with Gasteiger partial charge in [-0.25, -0.2) is 4.79 Å². The van der Waals surface area contributed by atoms with Gasteiger partial charge in [0.1, 0.15) is 17.1 Å². The molecule has 2 aromatic rings. The normalized spacial score (nSPS) is 10.3. The third kappa shape index (κ3) is 2.09. The van der Waals surface area contributed by atoms with Crippen molar-refractivity contribution < 1.29 is 19.1 Å². The molecule has 0 fully saturated rings. The molecule has 0 unspecified atom stereocenters. The van der Waals surface area contributed by atoms with Crippen molar-refractivity contribution in [3.8, 4) is 17.1 Å². The summed E-state index contributed by atoms with van der Waals surface area (Å²) in [4.78, 5) is 11.7. The first-order chi connectivity index (χ1) is 8.67. The fraction of sp³-hybridized carbons (Fsp3) is 0.214. The predicted molar refractivity (Wildman–Crippen MR) is 66.5 cm³/mol. The monoisotopic (exact) mass is 246 g/mol. The average molecular weight is 246 g/mol. The molecule has 0 amide bonds. The molecule has 0 saturated carbocycles. The number of hydrogen-bond donors (Lipinski definition) is 1. The summed E-state index contributed by atoms with van der Waals surface area (Å²) in [5, 5.41) is 9.96. The minimum absolute atomic E-state index is 0.0902. The average Bonchev–Trinajstić information content (AvgIpc) is 2.90. The van der Waals surface area contributed by atoms with Crippen molar-refractivity contribution in [2.45, 2.75) is 13.3 Å². The van der Waals surface area contributed by atoms with Gasteiger partial charge in [-0.2, -0.15) is 0 Å². The Morgan fingerprint density at radius 3 is 2.78 bits per heavy atom. The Morgan fingerprint density at radius 2 is 2.22 bits per heavy atom. The largest absolute Gasteiger partial charge is 0.507 e. The Hall–Kier alpha value is -2.23. The van der Waals surface area contributed by atoms with Crippen LogP contribution in [0.1, 0.15) is 22.8 Å². The van der Waals surface area contributed by atoms with E-state index in [1.54, 1.807) is 18.2 Å². The molecule has 1 aromatic carbocycles. The molecule has 0 saturated heterocycles. The Morgan fingerprint density at radius 1 is 1.44 bits per heavy atom. The van der Waals surface area contributed by atoms with Gasteiger partial charge in [-0.05, 0) is 36.2 Å². The number of aryl methyl sites for hydroxylation is 1. The first-order valence-electron chi connectivity index (χ1n) is 5.65. The van der Waals surface area contributed by atoms with Crippen LogP contribution in [0.3, 0.4) is 0 Å². The number of methoxy groups -OCH3 is 1. The fourth-order valence-electron chi connectivity index (χ4n) is 1.83. The van der Waals surface area contributed by atoms with Crippen molar-refractivity contribution in [3.05, 3.63) is 41.7 Å². The summed E-state index contributed by atoms with van der Waals surface area (Å²) in [6.45, 7) is 1.97. The SMILES string of the molecule is CCc1cc(O)c(C(=O)OC)c(-c2ccco2)c1. The standard InChI is InChI=1S/C14H14O4/c1-3-9-7-10(12-5-4-6-18-12)13(11(15)8-9)14(16)17-2/h4-8,15H,3H2,1-2H3. The highest BCUT2D eigenvalue weighted by molar-refractivity contribution is 5.99. The lowest BCUT2D eigenvalue weighted by molar-refractivity contribution is 0.0598. The smallest absolute Gasteiger partial charge is 0.342 e. The third-order valence-electron chi connectivity index (χ3n) is 2.76. The third-order valence-corrected chi connectivity index (χ3v) is 2.76. The zero-order valence-corrected chi connectivity index (χ0v) is 10.3. The molecule has 0 aliphatic rings. The van der Waals surface area contributed by atoms with Crippen LogP contribution in [-0.2, 0) is 11.2 Å². The number of carbonyl (C=O) groups excluding carboxylic acids is 1. The molecule has 0 spiro atoms. The van der Waals surface area contributed by atoms with E-state index in [0.29, 0.717) is 11.3 Å². The number of rotatable bonds is 3. The second-order valence-corrected chi connectivity index (χ2v) is 3.86. The molecule has 4 nitrogen and oxygen atoms in total. The van der Waals surface area contributed by atoms with Gasteiger partial charge in [0.2, 0.25) is 0 Å². The number of carbonyl (C=O) groups is 1. The van der Waals surface area contributed by atoms with Crippen molar-refractivity contribution in [1.82, 2.24) is 0 Å². The minimum Gasteiger partial charge on any atom is -0.507 e. The van der Waals surface area contributed by atoms with E-state index in [2.05, 4.69) is 4.74 Å². The lowest BCUT2D eigenvalue weighted by Crippen LogP contribution is -2.04.